The van der Waals surface area contributed by atoms with Gasteiger partial charge in [0.25, 0.3) is 0 Å². The third-order valence-electron chi connectivity index (χ3n) is 6.48. The quantitative estimate of drug-likeness (QED) is 0.573. The Morgan fingerprint density at radius 1 is 0.969 bits per heavy atom. The summed E-state index contributed by atoms with van der Waals surface area (Å²) in [6.07, 6.45) is 2.43. The number of para-hydroxylation sites is 1. The molecule has 0 saturated carbocycles. The number of piperazine rings is 1. The number of aromatic nitrogens is 2. The molecule has 7 heteroatoms. The van der Waals surface area contributed by atoms with Crippen molar-refractivity contribution in [3.05, 3.63) is 66.2 Å². The fourth-order valence-electron chi connectivity index (χ4n) is 4.94. The number of methoxy groups -OCH3 is 1. The van der Waals surface area contributed by atoms with Crippen molar-refractivity contribution >= 4 is 11.5 Å². The van der Waals surface area contributed by atoms with Gasteiger partial charge >= 0.3 is 0 Å². The first kappa shape index (κ1) is 20.7. The molecule has 2 N–H and O–H groups in total. The topological polar surface area (TPSA) is 76.7 Å². The van der Waals surface area contributed by atoms with E-state index in [4.69, 9.17) is 15.2 Å². The lowest BCUT2D eigenvalue weighted by atomic mass is 10.1. The zero-order valence-electron chi connectivity index (χ0n) is 18.4. The fourth-order valence-corrected chi connectivity index (χ4v) is 4.94. The highest BCUT2D eigenvalue weighted by atomic mass is 16.7. The molecule has 0 amide bonds. The van der Waals surface area contributed by atoms with Crippen molar-refractivity contribution in [1.82, 2.24) is 15.1 Å². The molecular weight excluding hydrogens is 402 g/mol. The molecule has 2 fully saturated rings. The van der Waals surface area contributed by atoms with Crippen LogP contribution in [0.3, 0.4) is 0 Å². The van der Waals surface area contributed by atoms with Gasteiger partial charge in [-0.1, -0.05) is 42.5 Å². The maximum atomic E-state index is 6.31. The van der Waals surface area contributed by atoms with Crippen LogP contribution in [-0.4, -0.2) is 54.2 Å². The molecule has 1 aromatic heterocycles. The second kappa shape index (κ2) is 9.14. The summed E-state index contributed by atoms with van der Waals surface area (Å²) in [4.78, 5) is 5.04. The number of anilines is 2. The Labute approximate surface area is 188 Å². The van der Waals surface area contributed by atoms with Gasteiger partial charge in [-0.2, -0.15) is 0 Å². The normalized spacial score (nSPS) is 20.5. The molecule has 3 aromatic rings. The van der Waals surface area contributed by atoms with E-state index >= 15 is 0 Å². The predicted molar refractivity (Wildman–Crippen MR) is 125 cm³/mol. The largest absolute Gasteiger partial charge is 0.467 e. The lowest BCUT2D eigenvalue weighted by molar-refractivity contribution is 0.0515. The van der Waals surface area contributed by atoms with Gasteiger partial charge in [0.15, 0.2) is 12.6 Å². The lowest BCUT2D eigenvalue weighted by Gasteiger charge is -2.42. The molecule has 166 valence electrons. The van der Waals surface area contributed by atoms with Gasteiger partial charge in [-0.25, -0.2) is 0 Å². The first-order chi connectivity index (χ1) is 15.7. The number of fused-ring (bicyclic) bond motifs is 2. The summed E-state index contributed by atoms with van der Waals surface area (Å²) in [6, 6.07) is 21.6. The van der Waals surface area contributed by atoms with Crippen LogP contribution in [0.25, 0.3) is 11.3 Å². The maximum absolute atomic E-state index is 6.31. The van der Waals surface area contributed by atoms with Crippen molar-refractivity contribution < 1.29 is 9.47 Å². The molecule has 7 nitrogen and oxygen atoms in total. The molecule has 0 aliphatic carbocycles. The zero-order valence-corrected chi connectivity index (χ0v) is 18.4. The Hall–Kier alpha value is -3.16. The van der Waals surface area contributed by atoms with Gasteiger partial charge in [0, 0.05) is 44.4 Å². The number of nitrogens with two attached hydrogens (primary N) is 1. The van der Waals surface area contributed by atoms with Crippen molar-refractivity contribution in [3.8, 4) is 17.0 Å². The van der Waals surface area contributed by atoms with Crippen LogP contribution in [0.5, 0.6) is 5.75 Å². The number of hydrogen-bond donors (Lipinski definition) is 1. The third kappa shape index (κ3) is 4.13. The summed E-state index contributed by atoms with van der Waals surface area (Å²) in [5.74, 6) is 1.19. The predicted octanol–water partition coefficient (Wildman–Crippen LogP) is 3.56. The van der Waals surface area contributed by atoms with Gasteiger partial charge in [-0.05, 0) is 36.6 Å². The highest BCUT2D eigenvalue weighted by Crippen LogP contribution is 2.37. The van der Waals surface area contributed by atoms with E-state index in [0.29, 0.717) is 23.7 Å². The molecule has 2 saturated heterocycles. The van der Waals surface area contributed by atoms with Crippen LogP contribution in [0, 0.1) is 0 Å². The Balaban J connectivity index is 1.38. The standard InChI is InChI=1S/C25H29N5O2/c1-31-17-32-24-10-6-5-9-21(24)22-13-23(25(26)28-27-22)29-15-19-11-12-20(16-29)30(19)14-18-7-3-2-4-8-18/h2-10,13,19-20H,11-12,14-17H2,1H3,(H2,26,28). The minimum Gasteiger partial charge on any atom is -0.467 e. The van der Waals surface area contributed by atoms with Crippen LogP contribution >= 0.6 is 0 Å². The summed E-state index contributed by atoms with van der Waals surface area (Å²) in [5, 5.41) is 8.66. The van der Waals surface area contributed by atoms with E-state index in [1.54, 1.807) is 7.11 Å². The average molecular weight is 432 g/mol. The number of nitrogens with zero attached hydrogens (tertiary/aromatic N) is 4. The second-order valence-electron chi connectivity index (χ2n) is 8.49. The summed E-state index contributed by atoms with van der Waals surface area (Å²) in [6.45, 7) is 3.07. The van der Waals surface area contributed by atoms with Crippen LogP contribution in [0.2, 0.25) is 0 Å². The molecule has 0 spiro atoms. The summed E-state index contributed by atoms with van der Waals surface area (Å²) >= 11 is 0. The second-order valence-corrected chi connectivity index (χ2v) is 8.49. The molecule has 2 bridgehead atoms. The number of benzene rings is 2. The first-order valence-corrected chi connectivity index (χ1v) is 11.1. The van der Waals surface area contributed by atoms with E-state index in [0.717, 1.165) is 36.6 Å². The van der Waals surface area contributed by atoms with E-state index in [-0.39, 0.29) is 6.79 Å². The smallest absolute Gasteiger partial charge is 0.188 e. The highest BCUT2D eigenvalue weighted by Gasteiger charge is 2.40. The van der Waals surface area contributed by atoms with Crippen molar-refractivity contribution in [3.63, 3.8) is 0 Å². The van der Waals surface area contributed by atoms with Gasteiger partial charge in [0.1, 0.15) is 5.75 Å². The fraction of sp³-hybridized carbons (Fsp3) is 0.360. The van der Waals surface area contributed by atoms with Crippen LogP contribution < -0.4 is 15.4 Å². The molecule has 3 heterocycles. The average Bonchev–Trinajstić information content (AvgIpc) is 3.05. The van der Waals surface area contributed by atoms with Crippen LogP contribution in [0.15, 0.2) is 60.7 Å². The maximum Gasteiger partial charge on any atom is 0.188 e. The molecular formula is C25H29N5O2. The first-order valence-electron chi connectivity index (χ1n) is 11.1. The van der Waals surface area contributed by atoms with Crippen molar-refractivity contribution in [1.29, 1.82) is 0 Å². The van der Waals surface area contributed by atoms with Crippen molar-refractivity contribution in [2.24, 2.45) is 0 Å². The summed E-state index contributed by atoms with van der Waals surface area (Å²) in [7, 11) is 1.61. The van der Waals surface area contributed by atoms with Crippen molar-refractivity contribution in [2.45, 2.75) is 31.5 Å². The Morgan fingerprint density at radius 3 is 2.44 bits per heavy atom. The molecule has 32 heavy (non-hydrogen) atoms. The van der Waals surface area contributed by atoms with E-state index in [1.165, 1.54) is 18.4 Å². The lowest BCUT2D eigenvalue weighted by Crippen LogP contribution is -2.53. The minimum atomic E-state index is 0.180. The van der Waals surface area contributed by atoms with Crippen LogP contribution in [0.4, 0.5) is 11.5 Å². The number of rotatable bonds is 7. The summed E-state index contributed by atoms with van der Waals surface area (Å²) in [5.41, 5.74) is 10.3. The zero-order chi connectivity index (χ0) is 21.9. The van der Waals surface area contributed by atoms with Gasteiger partial charge in [-0.3, -0.25) is 4.90 Å². The number of hydrogen-bond acceptors (Lipinski definition) is 7. The van der Waals surface area contributed by atoms with E-state index in [2.05, 4.69) is 50.3 Å². The molecule has 2 atom stereocenters. The van der Waals surface area contributed by atoms with Gasteiger partial charge in [-0.15, -0.1) is 10.2 Å². The van der Waals surface area contributed by atoms with Gasteiger partial charge in [0.05, 0.1) is 11.4 Å². The third-order valence-corrected chi connectivity index (χ3v) is 6.48. The molecule has 0 radical (unpaired) electrons. The van der Waals surface area contributed by atoms with E-state index in [1.807, 2.05) is 30.3 Å². The SMILES string of the molecule is COCOc1ccccc1-c1cc(N2CC3CCC(C2)N3Cc2ccccc2)c(N)nn1. The minimum absolute atomic E-state index is 0.180. The van der Waals surface area contributed by atoms with E-state index in [9.17, 15) is 0 Å². The van der Waals surface area contributed by atoms with Crippen LogP contribution in [-0.2, 0) is 11.3 Å². The molecule has 2 unspecified atom stereocenters. The summed E-state index contributed by atoms with van der Waals surface area (Å²) < 4.78 is 10.8. The Bertz CT molecular complexity index is 1050. The van der Waals surface area contributed by atoms with Gasteiger partial charge in [0.2, 0.25) is 0 Å². The monoisotopic (exact) mass is 431 g/mol. The van der Waals surface area contributed by atoms with Gasteiger partial charge < -0.3 is 20.1 Å². The highest BCUT2D eigenvalue weighted by molar-refractivity contribution is 5.74. The number of ether oxygens (including phenoxy) is 2. The molecule has 2 aliphatic rings. The molecule has 2 aromatic carbocycles. The molecule has 5 rings (SSSR count). The van der Waals surface area contributed by atoms with Crippen molar-refractivity contribution in [2.75, 3.05) is 37.6 Å². The Kier molecular flexibility index (Phi) is 5.92. The molecule has 2 aliphatic heterocycles. The Morgan fingerprint density at radius 2 is 1.69 bits per heavy atom. The van der Waals surface area contributed by atoms with E-state index < -0.39 is 0 Å². The van der Waals surface area contributed by atoms with Crippen LogP contribution in [0.1, 0.15) is 18.4 Å². The number of nitrogen functional groups attached to an aromatic ring is 1.